The Kier molecular flexibility index (Phi) is 7.78. The van der Waals surface area contributed by atoms with Gasteiger partial charge in [0.2, 0.25) is 0 Å². The fourth-order valence-corrected chi connectivity index (χ4v) is 2.35. The molecule has 2 amide bonds. The Balaban J connectivity index is 2.04. The normalized spacial score (nSPS) is 11.1. The van der Waals surface area contributed by atoms with Gasteiger partial charge in [0.1, 0.15) is 6.04 Å². The zero-order valence-electron chi connectivity index (χ0n) is 14.9. The third-order valence-electron chi connectivity index (χ3n) is 3.70. The van der Waals surface area contributed by atoms with Gasteiger partial charge < -0.3 is 15.4 Å². The third kappa shape index (κ3) is 6.78. The van der Waals surface area contributed by atoms with Crippen LogP contribution in [0.5, 0.6) is 0 Å². The summed E-state index contributed by atoms with van der Waals surface area (Å²) in [4.78, 5) is 36.5. The number of carbonyl (C=O) groups excluding carboxylic acids is 3. The van der Waals surface area contributed by atoms with Crippen LogP contribution in [0.3, 0.4) is 0 Å². The lowest BCUT2D eigenvalue weighted by atomic mass is 10.1. The number of esters is 1. The van der Waals surface area contributed by atoms with Crippen LogP contribution in [0.1, 0.15) is 15.9 Å². The van der Waals surface area contributed by atoms with Gasteiger partial charge in [-0.25, -0.2) is 4.79 Å². The van der Waals surface area contributed by atoms with Crippen LogP contribution < -0.4 is 10.6 Å². The zero-order valence-corrected chi connectivity index (χ0v) is 14.9. The Morgan fingerprint density at radius 3 is 2.26 bits per heavy atom. The molecule has 140 valence electrons. The Bertz CT molecular complexity index is 775. The largest absolute Gasteiger partial charge is 0.454 e. The molecule has 6 heteroatoms. The van der Waals surface area contributed by atoms with E-state index in [-0.39, 0.29) is 18.9 Å². The third-order valence-corrected chi connectivity index (χ3v) is 3.70. The molecule has 0 bridgehead atoms. The molecule has 0 spiro atoms. The summed E-state index contributed by atoms with van der Waals surface area (Å²) in [6.07, 6.45) is 1.78. The van der Waals surface area contributed by atoms with Crippen LogP contribution in [-0.4, -0.2) is 37.0 Å². The van der Waals surface area contributed by atoms with Crippen LogP contribution in [0, 0.1) is 0 Å². The minimum absolute atomic E-state index is 0.256. The molecule has 2 aromatic carbocycles. The lowest BCUT2D eigenvalue weighted by molar-refractivity contribution is -0.150. The summed E-state index contributed by atoms with van der Waals surface area (Å²) in [5, 5.41) is 5.21. The predicted molar refractivity (Wildman–Crippen MR) is 102 cm³/mol. The Morgan fingerprint density at radius 2 is 1.63 bits per heavy atom. The van der Waals surface area contributed by atoms with Gasteiger partial charge in [-0.3, -0.25) is 9.59 Å². The Hall–Kier alpha value is -3.41. The summed E-state index contributed by atoms with van der Waals surface area (Å²) >= 11 is 0. The van der Waals surface area contributed by atoms with E-state index >= 15 is 0 Å². The SMILES string of the molecule is C=CCNC(=O)COC(=O)[C@@H](Cc1ccccc1)NC(=O)c1ccccc1. The average molecular weight is 366 g/mol. The number of rotatable bonds is 9. The molecule has 2 N–H and O–H groups in total. The molecule has 0 unspecified atom stereocenters. The van der Waals surface area contributed by atoms with E-state index in [1.165, 1.54) is 6.08 Å². The van der Waals surface area contributed by atoms with Crippen molar-refractivity contribution in [3.05, 3.63) is 84.4 Å². The van der Waals surface area contributed by atoms with Gasteiger partial charge in [-0.1, -0.05) is 54.6 Å². The van der Waals surface area contributed by atoms with Crippen LogP contribution in [0.2, 0.25) is 0 Å². The summed E-state index contributed by atoms with van der Waals surface area (Å²) in [6.45, 7) is 3.36. The molecule has 2 rings (SSSR count). The summed E-state index contributed by atoms with van der Waals surface area (Å²) in [5.41, 5.74) is 1.30. The summed E-state index contributed by atoms with van der Waals surface area (Å²) < 4.78 is 5.07. The quantitative estimate of drug-likeness (QED) is 0.524. The molecular formula is C21H22N2O4. The van der Waals surface area contributed by atoms with E-state index < -0.39 is 24.5 Å². The fraction of sp³-hybridized carbons (Fsp3) is 0.190. The van der Waals surface area contributed by atoms with Crippen molar-refractivity contribution in [3.8, 4) is 0 Å². The maximum atomic E-state index is 12.5. The number of nitrogens with one attached hydrogen (secondary N) is 2. The monoisotopic (exact) mass is 366 g/mol. The highest BCUT2D eigenvalue weighted by Gasteiger charge is 2.24. The van der Waals surface area contributed by atoms with Gasteiger partial charge >= 0.3 is 5.97 Å². The second-order valence-corrected chi connectivity index (χ2v) is 5.78. The molecule has 0 radical (unpaired) electrons. The highest BCUT2D eigenvalue weighted by Crippen LogP contribution is 2.07. The standard InChI is InChI=1S/C21H22N2O4/c1-2-13-22-19(24)15-27-21(26)18(14-16-9-5-3-6-10-16)23-20(25)17-11-7-4-8-12-17/h2-12,18H,1,13-15H2,(H,22,24)(H,23,25)/t18-/m1/s1. The number of amides is 2. The minimum Gasteiger partial charge on any atom is -0.454 e. The Morgan fingerprint density at radius 1 is 1.00 bits per heavy atom. The lowest BCUT2D eigenvalue weighted by Gasteiger charge is -2.18. The molecular weight excluding hydrogens is 344 g/mol. The molecule has 6 nitrogen and oxygen atoms in total. The lowest BCUT2D eigenvalue weighted by Crippen LogP contribution is -2.44. The number of ether oxygens (including phenoxy) is 1. The van der Waals surface area contributed by atoms with Gasteiger partial charge in [0.05, 0.1) is 0 Å². The van der Waals surface area contributed by atoms with E-state index in [1.54, 1.807) is 30.3 Å². The van der Waals surface area contributed by atoms with Crippen LogP contribution in [0.4, 0.5) is 0 Å². The molecule has 0 fully saturated rings. The molecule has 0 aliphatic heterocycles. The van der Waals surface area contributed by atoms with E-state index in [2.05, 4.69) is 17.2 Å². The van der Waals surface area contributed by atoms with Crippen LogP contribution >= 0.6 is 0 Å². The van der Waals surface area contributed by atoms with Crippen molar-refractivity contribution in [1.82, 2.24) is 10.6 Å². The molecule has 2 aromatic rings. The van der Waals surface area contributed by atoms with E-state index in [4.69, 9.17) is 4.74 Å². The number of hydrogen-bond donors (Lipinski definition) is 2. The van der Waals surface area contributed by atoms with Crippen molar-refractivity contribution < 1.29 is 19.1 Å². The minimum atomic E-state index is -0.910. The fourth-order valence-electron chi connectivity index (χ4n) is 2.35. The van der Waals surface area contributed by atoms with Crippen molar-refractivity contribution in [2.24, 2.45) is 0 Å². The highest BCUT2D eigenvalue weighted by atomic mass is 16.5. The van der Waals surface area contributed by atoms with E-state index in [0.717, 1.165) is 5.56 Å². The summed E-state index contributed by atoms with van der Waals surface area (Å²) in [5.74, 6) is -1.49. The number of carbonyl (C=O) groups is 3. The first kappa shape index (κ1) is 19.9. The molecule has 0 aliphatic carbocycles. The second-order valence-electron chi connectivity index (χ2n) is 5.78. The van der Waals surface area contributed by atoms with Gasteiger partial charge in [-0.2, -0.15) is 0 Å². The molecule has 0 saturated carbocycles. The van der Waals surface area contributed by atoms with E-state index in [0.29, 0.717) is 5.56 Å². The zero-order chi connectivity index (χ0) is 19.5. The first-order valence-corrected chi connectivity index (χ1v) is 8.54. The topological polar surface area (TPSA) is 84.5 Å². The second kappa shape index (κ2) is 10.6. The maximum Gasteiger partial charge on any atom is 0.329 e. The van der Waals surface area contributed by atoms with Crippen LogP contribution in [0.15, 0.2) is 73.3 Å². The van der Waals surface area contributed by atoms with Crippen molar-refractivity contribution in [1.29, 1.82) is 0 Å². The van der Waals surface area contributed by atoms with Crippen LogP contribution in [-0.2, 0) is 20.7 Å². The van der Waals surface area contributed by atoms with Crippen molar-refractivity contribution in [2.45, 2.75) is 12.5 Å². The van der Waals surface area contributed by atoms with Crippen LogP contribution in [0.25, 0.3) is 0 Å². The van der Waals surface area contributed by atoms with Crippen molar-refractivity contribution in [2.75, 3.05) is 13.2 Å². The first-order valence-electron chi connectivity index (χ1n) is 8.54. The van der Waals surface area contributed by atoms with Crippen molar-refractivity contribution >= 4 is 17.8 Å². The highest BCUT2D eigenvalue weighted by molar-refractivity contribution is 5.97. The Labute approximate surface area is 158 Å². The molecule has 0 aliphatic rings. The summed E-state index contributed by atoms with van der Waals surface area (Å²) in [7, 11) is 0. The van der Waals surface area contributed by atoms with E-state index in [1.807, 2.05) is 30.3 Å². The maximum absolute atomic E-state index is 12.5. The summed E-state index contributed by atoms with van der Waals surface area (Å²) in [6, 6.07) is 16.9. The molecule has 0 heterocycles. The molecule has 0 saturated heterocycles. The molecule has 0 aromatic heterocycles. The smallest absolute Gasteiger partial charge is 0.329 e. The number of hydrogen-bond acceptors (Lipinski definition) is 4. The predicted octanol–water partition coefficient (Wildman–Crippen LogP) is 1.87. The molecule has 27 heavy (non-hydrogen) atoms. The van der Waals surface area contributed by atoms with Crippen molar-refractivity contribution in [3.63, 3.8) is 0 Å². The van der Waals surface area contributed by atoms with Gasteiger partial charge in [0, 0.05) is 18.5 Å². The van der Waals surface area contributed by atoms with Gasteiger partial charge in [0.15, 0.2) is 6.61 Å². The van der Waals surface area contributed by atoms with Gasteiger partial charge in [-0.15, -0.1) is 6.58 Å². The van der Waals surface area contributed by atoms with Gasteiger partial charge in [0.25, 0.3) is 11.8 Å². The average Bonchev–Trinajstić information content (AvgIpc) is 2.71. The number of benzene rings is 2. The van der Waals surface area contributed by atoms with E-state index in [9.17, 15) is 14.4 Å². The van der Waals surface area contributed by atoms with Gasteiger partial charge in [-0.05, 0) is 17.7 Å². The molecule has 1 atom stereocenters. The first-order chi connectivity index (χ1) is 13.1.